The van der Waals surface area contributed by atoms with Crippen molar-refractivity contribution in [2.45, 2.75) is 0 Å². The van der Waals surface area contributed by atoms with Crippen LogP contribution in [0.3, 0.4) is 0 Å². The Morgan fingerprint density at radius 3 is 1.80 bits per heavy atom. The van der Waals surface area contributed by atoms with Gasteiger partial charge >= 0.3 is 0 Å². The second kappa shape index (κ2) is 10.9. The Balaban J connectivity index is 1.27. The summed E-state index contributed by atoms with van der Waals surface area (Å²) in [6.07, 6.45) is 3.70. The summed E-state index contributed by atoms with van der Waals surface area (Å²) in [7, 11) is 0. The zero-order chi connectivity index (χ0) is 32.3. The van der Waals surface area contributed by atoms with Crippen molar-refractivity contribution in [3.8, 4) is 45.3 Å². The molecule has 5 heteroatoms. The first-order valence-electron chi connectivity index (χ1n) is 16.3. The summed E-state index contributed by atoms with van der Waals surface area (Å²) >= 11 is 0. The molecule has 7 aromatic carbocycles. The van der Waals surface area contributed by atoms with Gasteiger partial charge in [0.2, 0.25) is 0 Å². The monoisotopic (exact) mass is 626 g/mol. The quantitative estimate of drug-likeness (QED) is 0.194. The minimum Gasteiger partial charge on any atom is -0.455 e. The summed E-state index contributed by atoms with van der Waals surface area (Å²) in [6, 6.07) is 50.3. The van der Waals surface area contributed by atoms with Crippen molar-refractivity contribution in [3.63, 3.8) is 0 Å². The van der Waals surface area contributed by atoms with Crippen molar-refractivity contribution >= 4 is 54.3 Å². The average Bonchev–Trinajstić information content (AvgIpc) is 3.54. The number of rotatable bonds is 4. The molecule has 0 saturated carbocycles. The van der Waals surface area contributed by atoms with E-state index in [1.807, 2.05) is 48.8 Å². The Morgan fingerprint density at radius 1 is 0.408 bits per heavy atom. The van der Waals surface area contributed by atoms with Crippen molar-refractivity contribution < 1.29 is 4.42 Å². The molecule has 0 atom stereocenters. The maximum atomic E-state index is 6.80. The number of pyridine rings is 1. The Bertz CT molecular complexity index is 2890. The molecule has 228 valence electrons. The molecular weight excluding hydrogens is 601 g/mol. The molecule has 5 nitrogen and oxygen atoms in total. The number of nitrogens with zero attached hydrogens (tertiary/aromatic N) is 4. The van der Waals surface area contributed by atoms with Gasteiger partial charge in [0, 0.05) is 50.8 Å². The van der Waals surface area contributed by atoms with Crippen LogP contribution in [0.5, 0.6) is 0 Å². The van der Waals surface area contributed by atoms with E-state index in [2.05, 4.69) is 114 Å². The van der Waals surface area contributed by atoms with Gasteiger partial charge in [-0.1, -0.05) is 103 Å². The molecule has 0 saturated heterocycles. The van der Waals surface area contributed by atoms with Gasteiger partial charge in [-0.25, -0.2) is 15.0 Å². The topological polar surface area (TPSA) is 64.7 Å². The number of fused-ring (bicyclic) bond motifs is 6. The highest BCUT2D eigenvalue weighted by Crippen LogP contribution is 2.43. The minimum atomic E-state index is 0.588. The summed E-state index contributed by atoms with van der Waals surface area (Å²) in [5, 5.41) is 8.75. The van der Waals surface area contributed by atoms with E-state index in [0.717, 1.165) is 65.9 Å². The van der Waals surface area contributed by atoms with Crippen LogP contribution in [-0.2, 0) is 0 Å². The van der Waals surface area contributed by atoms with Crippen LogP contribution in [0.1, 0.15) is 0 Å². The predicted octanol–water partition coefficient (Wildman–Crippen LogP) is 11.3. The lowest BCUT2D eigenvalue weighted by Crippen LogP contribution is -2.00. The van der Waals surface area contributed by atoms with E-state index in [1.165, 1.54) is 16.2 Å². The molecule has 0 unspecified atom stereocenters. The largest absolute Gasteiger partial charge is 0.455 e. The molecule has 0 N–H and O–H groups in total. The Morgan fingerprint density at radius 2 is 1.02 bits per heavy atom. The van der Waals surface area contributed by atoms with Crippen LogP contribution in [0, 0.1) is 0 Å². The van der Waals surface area contributed by atoms with E-state index in [4.69, 9.17) is 19.4 Å². The molecule has 10 rings (SSSR count). The first-order chi connectivity index (χ1) is 24.2. The van der Waals surface area contributed by atoms with E-state index >= 15 is 0 Å². The van der Waals surface area contributed by atoms with Gasteiger partial charge < -0.3 is 4.42 Å². The van der Waals surface area contributed by atoms with Gasteiger partial charge in [0.25, 0.3) is 0 Å². The van der Waals surface area contributed by atoms with Crippen LogP contribution in [-0.4, -0.2) is 19.9 Å². The van der Waals surface area contributed by atoms with Gasteiger partial charge in [-0.15, -0.1) is 0 Å². The third kappa shape index (κ3) is 4.63. The molecule has 0 aliphatic rings. The normalized spacial score (nSPS) is 11.7. The zero-order valence-electron chi connectivity index (χ0n) is 26.2. The smallest absolute Gasteiger partial charge is 0.164 e. The first kappa shape index (κ1) is 27.4. The molecule has 3 aromatic heterocycles. The van der Waals surface area contributed by atoms with Gasteiger partial charge in [-0.2, -0.15) is 0 Å². The fraction of sp³-hybridized carbons (Fsp3) is 0. The highest BCUT2D eigenvalue weighted by Gasteiger charge is 2.21. The number of benzene rings is 7. The third-order valence-corrected chi connectivity index (χ3v) is 9.35. The maximum Gasteiger partial charge on any atom is 0.164 e. The summed E-state index contributed by atoms with van der Waals surface area (Å²) in [4.78, 5) is 19.7. The van der Waals surface area contributed by atoms with E-state index in [9.17, 15) is 0 Å². The van der Waals surface area contributed by atoms with Crippen molar-refractivity contribution in [1.29, 1.82) is 0 Å². The van der Waals surface area contributed by atoms with Gasteiger partial charge in [0.1, 0.15) is 11.2 Å². The SMILES string of the molecule is c1ccc(-c2nc(-c3ccc4ccccc4c3)nc(-c3ccc(-c4ccc5ccccc5c4)c4oc5cc6cnccc6cc5c34)n2)cc1. The molecule has 0 aliphatic carbocycles. The fourth-order valence-electron chi connectivity index (χ4n) is 6.90. The van der Waals surface area contributed by atoms with E-state index in [-0.39, 0.29) is 0 Å². The summed E-state index contributed by atoms with van der Waals surface area (Å²) in [5.74, 6) is 1.82. The number of hydrogen-bond donors (Lipinski definition) is 0. The summed E-state index contributed by atoms with van der Waals surface area (Å²) < 4.78 is 6.80. The van der Waals surface area contributed by atoms with Crippen molar-refractivity contribution in [3.05, 3.63) is 158 Å². The van der Waals surface area contributed by atoms with Crippen LogP contribution < -0.4 is 0 Å². The van der Waals surface area contributed by atoms with Crippen LogP contribution in [0.25, 0.3) is 99.5 Å². The van der Waals surface area contributed by atoms with Crippen LogP contribution >= 0.6 is 0 Å². The second-order valence-corrected chi connectivity index (χ2v) is 12.3. The van der Waals surface area contributed by atoms with Gasteiger partial charge in [-0.3, -0.25) is 4.98 Å². The standard InChI is InChI=1S/C44H26N4O/c1-2-10-29(11-3-1)42-46-43(34-17-15-28-9-5-7-13-31(28)23-34)48-44(47-42)37-19-18-36(33-16-14-27-8-4-6-12-30(27)22-33)41-40(37)38-24-32-20-21-45-26-35(32)25-39(38)49-41/h1-26H. The van der Waals surface area contributed by atoms with Gasteiger partial charge in [0.05, 0.1) is 0 Å². The molecule has 0 fully saturated rings. The Kier molecular flexibility index (Phi) is 6.11. The first-order valence-corrected chi connectivity index (χ1v) is 16.3. The number of furan rings is 1. The van der Waals surface area contributed by atoms with E-state index < -0.39 is 0 Å². The van der Waals surface area contributed by atoms with Crippen molar-refractivity contribution in [2.24, 2.45) is 0 Å². The molecule has 0 radical (unpaired) electrons. The lowest BCUT2D eigenvalue weighted by atomic mass is 9.96. The zero-order valence-corrected chi connectivity index (χ0v) is 26.2. The van der Waals surface area contributed by atoms with Crippen LogP contribution in [0.4, 0.5) is 0 Å². The molecule has 10 aromatic rings. The van der Waals surface area contributed by atoms with Crippen LogP contribution in [0.2, 0.25) is 0 Å². The fourth-order valence-corrected chi connectivity index (χ4v) is 6.90. The summed E-state index contributed by atoms with van der Waals surface area (Å²) in [6.45, 7) is 0. The van der Waals surface area contributed by atoms with E-state index in [1.54, 1.807) is 0 Å². The van der Waals surface area contributed by atoms with Crippen molar-refractivity contribution in [2.75, 3.05) is 0 Å². The molecule has 3 heterocycles. The molecule has 0 spiro atoms. The van der Waals surface area contributed by atoms with Crippen molar-refractivity contribution in [1.82, 2.24) is 19.9 Å². The highest BCUT2D eigenvalue weighted by atomic mass is 16.3. The lowest BCUT2D eigenvalue weighted by molar-refractivity contribution is 0.670. The molecule has 0 aliphatic heterocycles. The number of aromatic nitrogens is 4. The van der Waals surface area contributed by atoms with Gasteiger partial charge in [-0.05, 0) is 75.0 Å². The molecule has 49 heavy (non-hydrogen) atoms. The lowest BCUT2D eigenvalue weighted by Gasteiger charge is -2.11. The Labute approximate surface area is 281 Å². The second-order valence-electron chi connectivity index (χ2n) is 12.3. The van der Waals surface area contributed by atoms with Gasteiger partial charge in [0.15, 0.2) is 17.5 Å². The molecule has 0 bridgehead atoms. The summed E-state index contributed by atoms with van der Waals surface area (Å²) in [5.41, 5.74) is 6.41. The minimum absolute atomic E-state index is 0.588. The van der Waals surface area contributed by atoms with E-state index in [0.29, 0.717) is 17.5 Å². The predicted molar refractivity (Wildman–Crippen MR) is 199 cm³/mol. The Hall–Kier alpha value is -6.72. The highest BCUT2D eigenvalue weighted by molar-refractivity contribution is 6.18. The molecular formula is C44H26N4O. The maximum absolute atomic E-state index is 6.80. The van der Waals surface area contributed by atoms with Crippen LogP contribution in [0.15, 0.2) is 162 Å². The number of hydrogen-bond acceptors (Lipinski definition) is 5. The average molecular weight is 627 g/mol. The molecule has 0 amide bonds. The third-order valence-electron chi connectivity index (χ3n) is 9.35.